The summed E-state index contributed by atoms with van der Waals surface area (Å²) in [6.45, 7) is 0.251. The van der Waals surface area contributed by atoms with Crippen molar-refractivity contribution in [2.45, 2.75) is 18.9 Å². The molecule has 0 aliphatic rings. The molecule has 6 N–H and O–H groups in total. The molecule has 3 aromatic carbocycles. The van der Waals surface area contributed by atoms with E-state index in [1.54, 1.807) is 24.3 Å². The molecule has 9 heteroatoms. The molecule has 0 radical (unpaired) electrons. The highest BCUT2D eigenvalue weighted by Gasteiger charge is 2.23. The fourth-order valence-corrected chi connectivity index (χ4v) is 3.19. The molecule has 0 saturated heterocycles. The van der Waals surface area contributed by atoms with Gasteiger partial charge in [-0.15, -0.1) is 0 Å². The van der Waals surface area contributed by atoms with Crippen molar-refractivity contribution in [3.8, 4) is 28.7 Å². The monoisotopic (exact) mass is 479 g/mol. The Morgan fingerprint density at radius 2 is 1.43 bits per heavy atom. The molecule has 0 heterocycles. The van der Waals surface area contributed by atoms with Gasteiger partial charge in [0.2, 0.25) is 0 Å². The Kier molecular flexibility index (Phi) is 8.18. The number of nitrogens with one attached hydrogen (secondary N) is 1. The molecular formula is C26H25NO8. The number of carbonyl (C=O) groups is 2. The third-order valence-corrected chi connectivity index (χ3v) is 5.07. The molecule has 0 aromatic heterocycles. The Bertz CT molecular complexity index is 1220. The Morgan fingerprint density at radius 3 is 2.09 bits per heavy atom. The van der Waals surface area contributed by atoms with Crippen molar-refractivity contribution in [2.75, 3.05) is 6.54 Å². The van der Waals surface area contributed by atoms with Gasteiger partial charge in [-0.25, -0.2) is 4.79 Å². The highest BCUT2D eigenvalue weighted by molar-refractivity contribution is 5.90. The Labute approximate surface area is 201 Å². The van der Waals surface area contributed by atoms with E-state index in [4.69, 9.17) is 4.74 Å². The number of carbonyl (C=O) groups excluding carboxylic acids is 2. The fraction of sp³-hybridized carbons (Fsp3) is 0.154. The van der Waals surface area contributed by atoms with E-state index in [9.17, 15) is 35.1 Å². The highest BCUT2D eigenvalue weighted by atomic mass is 16.5. The molecule has 3 aromatic rings. The van der Waals surface area contributed by atoms with Gasteiger partial charge >= 0.3 is 5.97 Å². The van der Waals surface area contributed by atoms with Crippen LogP contribution in [0.3, 0.4) is 0 Å². The first-order valence-corrected chi connectivity index (χ1v) is 10.7. The predicted molar refractivity (Wildman–Crippen MR) is 127 cm³/mol. The van der Waals surface area contributed by atoms with Crippen LogP contribution < -0.4 is 5.32 Å². The maximum Gasteiger partial charge on any atom is 0.331 e. The van der Waals surface area contributed by atoms with E-state index in [0.717, 1.165) is 11.6 Å². The molecule has 0 bridgehead atoms. The zero-order valence-corrected chi connectivity index (χ0v) is 18.6. The molecule has 1 atom stereocenters. The normalized spacial score (nSPS) is 11.8. The van der Waals surface area contributed by atoms with Crippen LogP contribution in [0.15, 0.2) is 66.7 Å². The van der Waals surface area contributed by atoms with Gasteiger partial charge in [0.1, 0.15) is 5.75 Å². The number of phenols is 5. The average molecular weight is 479 g/mol. The maximum absolute atomic E-state index is 12.8. The van der Waals surface area contributed by atoms with Gasteiger partial charge in [0.15, 0.2) is 29.1 Å². The van der Waals surface area contributed by atoms with Crippen molar-refractivity contribution in [2.24, 2.45) is 0 Å². The van der Waals surface area contributed by atoms with Gasteiger partial charge in [0.25, 0.3) is 5.91 Å². The lowest BCUT2D eigenvalue weighted by Gasteiger charge is -2.17. The van der Waals surface area contributed by atoms with Crippen molar-refractivity contribution >= 4 is 18.0 Å². The third kappa shape index (κ3) is 7.43. The van der Waals surface area contributed by atoms with E-state index in [-0.39, 0.29) is 41.7 Å². The van der Waals surface area contributed by atoms with Gasteiger partial charge in [-0.05, 0) is 65.6 Å². The lowest BCUT2D eigenvalue weighted by Crippen LogP contribution is -2.39. The number of hydrogen-bond acceptors (Lipinski definition) is 8. The quantitative estimate of drug-likeness (QED) is 0.155. The second-order valence-corrected chi connectivity index (χ2v) is 7.74. The first kappa shape index (κ1) is 25.0. The number of rotatable bonds is 9. The van der Waals surface area contributed by atoms with E-state index >= 15 is 0 Å². The molecule has 0 spiro atoms. The van der Waals surface area contributed by atoms with E-state index in [2.05, 4.69) is 5.32 Å². The van der Waals surface area contributed by atoms with Gasteiger partial charge in [-0.3, -0.25) is 4.79 Å². The molecule has 0 saturated carbocycles. The number of aromatic hydroxyl groups is 5. The van der Waals surface area contributed by atoms with Gasteiger partial charge in [0, 0.05) is 19.0 Å². The maximum atomic E-state index is 12.8. The zero-order valence-electron chi connectivity index (χ0n) is 18.6. The van der Waals surface area contributed by atoms with E-state index in [1.165, 1.54) is 42.5 Å². The largest absolute Gasteiger partial charge is 0.508 e. The number of benzene rings is 3. The van der Waals surface area contributed by atoms with Crippen LogP contribution in [0.2, 0.25) is 0 Å². The Hall–Kier alpha value is -4.66. The molecule has 0 aliphatic carbocycles. The summed E-state index contributed by atoms with van der Waals surface area (Å²) in [5.41, 5.74) is 1.77. The summed E-state index contributed by atoms with van der Waals surface area (Å²) in [6, 6.07) is 14.6. The van der Waals surface area contributed by atoms with Crippen LogP contribution in [0, 0.1) is 0 Å². The average Bonchev–Trinajstić information content (AvgIpc) is 2.83. The molecule has 1 amide bonds. The summed E-state index contributed by atoms with van der Waals surface area (Å²) in [5, 5.41) is 50.3. The molecule has 35 heavy (non-hydrogen) atoms. The highest BCUT2D eigenvalue weighted by Crippen LogP contribution is 2.26. The number of esters is 1. The summed E-state index contributed by atoms with van der Waals surface area (Å²) in [4.78, 5) is 25.2. The minimum Gasteiger partial charge on any atom is -0.508 e. The van der Waals surface area contributed by atoms with Crippen LogP contribution in [-0.4, -0.2) is 50.1 Å². The summed E-state index contributed by atoms with van der Waals surface area (Å²) in [7, 11) is 0. The first-order chi connectivity index (χ1) is 16.7. The number of hydrogen-bond donors (Lipinski definition) is 6. The van der Waals surface area contributed by atoms with Crippen LogP contribution in [0.4, 0.5) is 0 Å². The van der Waals surface area contributed by atoms with Gasteiger partial charge in [0.05, 0.1) is 0 Å². The number of phenolic OH excluding ortho intramolecular Hbond substituents is 5. The van der Waals surface area contributed by atoms with Gasteiger partial charge in [-0.1, -0.05) is 24.3 Å². The van der Waals surface area contributed by atoms with Crippen LogP contribution in [0.5, 0.6) is 28.7 Å². The van der Waals surface area contributed by atoms with Crippen molar-refractivity contribution in [3.05, 3.63) is 83.4 Å². The van der Waals surface area contributed by atoms with Crippen molar-refractivity contribution in [1.82, 2.24) is 5.32 Å². The van der Waals surface area contributed by atoms with Crippen LogP contribution in [0.1, 0.15) is 16.7 Å². The summed E-state index contributed by atoms with van der Waals surface area (Å²) in [5.74, 6) is -2.57. The predicted octanol–water partition coefficient (Wildman–Crippen LogP) is 2.74. The Morgan fingerprint density at radius 1 is 0.800 bits per heavy atom. The second kappa shape index (κ2) is 11.5. The van der Waals surface area contributed by atoms with Crippen LogP contribution in [0.25, 0.3) is 6.08 Å². The first-order valence-electron chi connectivity index (χ1n) is 10.7. The molecular weight excluding hydrogens is 454 g/mol. The molecule has 0 fully saturated rings. The smallest absolute Gasteiger partial charge is 0.331 e. The fourth-order valence-electron chi connectivity index (χ4n) is 3.19. The number of amides is 1. The van der Waals surface area contributed by atoms with E-state index in [0.29, 0.717) is 17.5 Å². The van der Waals surface area contributed by atoms with E-state index < -0.39 is 18.0 Å². The van der Waals surface area contributed by atoms with Crippen molar-refractivity contribution in [3.63, 3.8) is 0 Å². The minimum atomic E-state index is -1.23. The van der Waals surface area contributed by atoms with Gasteiger partial charge < -0.3 is 35.6 Å². The summed E-state index contributed by atoms with van der Waals surface area (Å²) in [6.07, 6.45) is 1.63. The molecule has 0 aliphatic heterocycles. The van der Waals surface area contributed by atoms with Crippen LogP contribution >= 0.6 is 0 Å². The topological polar surface area (TPSA) is 157 Å². The SMILES string of the molecule is O=C(/C=C/c1ccc(O)c(O)c1)O[C@H](Cc1ccc(O)c(O)c1)C(=O)NCCc1ccc(O)cc1. The molecule has 182 valence electrons. The summed E-state index contributed by atoms with van der Waals surface area (Å²) < 4.78 is 5.35. The zero-order chi connectivity index (χ0) is 25.4. The van der Waals surface area contributed by atoms with Crippen molar-refractivity contribution in [1.29, 1.82) is 0 Å². The van der Waals surface area contributed by atoms with Crippen molar-refractivity contribution < 1.29 is 39.9 Å². The Balaban J connectivity index is 1.68. The lowest BCUT2D eigenvalue weighted by molar-refractivity contribution is -0.151. The van der Waals surface area contributed by atoms with Crippen LogP contribution in [-0.2, 0) is 27.2 Å². The number of ether oxygens (including phenoxy) is 1. The lowest BCUT2D eigenvalue weighted by atomic mass is 10.1. The van der Waals surface area contributed by atoms with E-state index in [1.807, 2.05) is 0 Å². The summed E-state index contributed by atoms with van der Waals surface area (Å²) >= 11 is 0. The molecule has 9 nitrogen and oxygen atoms in total. The minimum absolute atomic E-state index is 0.0571. The molecule has 3 rings (SSSR count). The molecule has 0 unspecified atom stereocenters. The third-order valence-electron chi connectivity index (χ3n) is 5.07. The second-order valence-electron chi connectivity index (χ2n) is 7.74. The van der Waals surface area contributed by atoms with Gasteiger partial charge in [-0.2, -0.15) is 0 Å². The standard InChI is InChI=1S/C26H25NO8/c28-19-6-1-16(2-7-19)11-12-27-26(34)24(15-18-4-9-21(30)23(32)14-18)35-25(33)10-5-17-3-8-20(29)22(31)13-17/h1-10,13-14,24,28-32H,11-12,15H2,(H,27,34)/b10-5+/t24-/m1/s1.